The molecule has 3 rings (SSSR count). The van der Waals surface area contributed by atoms with E-state index >= 15 is 0 Å². The molecule has 2 aliphatic rings. The molecule has 132 valence electrons. The number of hydrogen-bond acceptors (Lipinski definition) is 4. The van der Waals surface area contributed by atoms with Crippen LogP contribution in [0.25, 0.3) is 0 Å². The van der Waals surface area contributed by atoms with Crippen LogP contribution in [-0.4, -0.2) is 60.9 Å². The van der Waals surface area contributed by atoms with Gasteiger partial charge in [0.25, 0.3) is 0 Å². The van der Waals surface area contributed by atoms with Crippen LogP contribution in [-0.2, 0) is 9.53 Å². The van der Waals surface area contributed by atoms with Crippen LogP contribution < -0.4 is 0 Å². The van der Waals surface area contributed by atoms with Gasteiger partial charge < -0.3 is 9.64 Å². The van der Waals surface area contributed by atoms with Crippen molar-refractivity contribution in [1.29, 1.82) is 0 Å². The van der Waals surface area contributed by atoms with Gasteiger partial charge in [-0.15, -0.1) is 11.8 Å². The van der Waals surface area contributed by atoms with Crippen molar-refractivity contribution in [2.24, 2.45) is 0 Å². The summed E-state index contributed by atoms with van der Waals surface area (Å²) < 4.78 is 18.8. The molecule has 1 unspecified atom stereocenters. The van der Waals surface area contributed by atoms with Crippen LogP contribution in [0, 0.1) is 5.82 Å². The van der Waals surface area contributed by atoms with E-state index in [2.05, 4.69) is 4.90 Å². The average Bonchev–Trinajstić information content (AvgIpc) is 2.60. The number of rotatable bonds is 5. The van der Waals surface area contributed by atoms with E-state index in [1.54, 1.807) is 23.9 Å². The van der Waals surface area contributed by atoms with Crippen LogP contribution in [0.5, 0.6) is 0 Å². The quantitative estimate of drug-likeness (QED) is 0.794. The molecule has 0 N–H and O–H groups in total. The number of hydrogen-bond donors (Lipinski definition) is 0. The fraction of sp³-hybridized carbons (Fsp3) is 0.588. The van der Waals surface area contributed by atoms with Crippen molar-refractivity contribution in [3.63, 3.8) is 0 Å². The first kappa shape index (κ1) is 18.0. The normalized spacial score (nSPS) is 22.8. The van der Waals surface area contributed by atoms with Gasteiger partial charge in [-0.2, -0.15) is 0 Å². The van der Waals surface area contributed by atoms with Crippen molar-refractivity contribution < 1.29 is 13.9 Å². The van der Waals surface area contributed by atoms with Crippen molar-refractivity contribution in [2.75, 3.05) is 45.1 Å². The van der Waals surface area contributed by atoms with Crippen LogP contribution in [0.1, 0.15) is 23.8 Å². The van der Waals surface area contributed by atoms with Gasteiger partial charge in [0, 0.05) is 38.4 Å². The second kappa shape index (κ2) is 8.52. The van der Waals surface area contributed by atoms with Gasteiger partial charge in [-0.3, -0.25) is 9.69 Å². The summed E-state index contributed by atoms with van der Waals surface area (Å²) in [6.07, 6.45) is 1.49. The van der Waals surface area contributed by atoms with Gasteiger partial charge in [0.15, 0.2) is 0 Å². The highest BCUT2D eigenvalue weighted by molar-refractivity contribution is 7.99. The summed E-state index contributed by atoms with van der Waals surface area (Å²) in [4.78, 5) is 16.7. The number of halogens is 2. The zero-order valence-electron chi connectivity index (χ0n) is 13.5. The maximum Gasteiger partial charge on any atom is 0.224 e. The monoisotopic (exact) mass is 372 g/mol. The van der Waals surface area contributed by atoms with Gasteiger partial charge in [0.2, 0.25) is 5.91 Å². The molecule has 1 aromatic carbocycles. The molecule has 2 aliphatic heterocycles. The van der Waals surface area contributed by atoms with Gasteiger partial charge in [-0.25, -0.2) is 4.39 Å². The summed E-state index contributed by atoms with van der Waals surface area (Å²) in [5.41, 5.74) is 0.894. The molecule has 1 aromatic rings. The molecule has 1 atom stereocenters. The molecule has 0 spiro atoms. The maximum atomic E-state index is 13.4. The van der Waals surface area contributed by atoms with Crippen molar-refractivity contribution in [1.82, 2.24) is 9.80 Å². The van der Waals surface area contributed by atoms with Crippen LogP contribution in [0.2, 0.25) is 5.02 Å². The summed E-state index contributed by atoms with van der Waals surface area (Å²) in [6, 6.07) is 4.75. The number of nitrogens with zero attached hydrogens (tertiary/aromatic N) is 2. The topological polar surface area (TPSA) is 32.8 Å². The Balaban J connectivity index is 1.63. The maximum absolute atomic E-state index is 13.4. The highest BCUT2D eigenvalue weighted by atomic mass is 35.5. The van der Waals surface area contributed by atoms with Gasteiger partial charge in [0.05, 0.1) is 18.2 Å². The fourth-order valence-electron chi connectivity index (χ4n) is 3.10. The first-order valence-corrected chi connectivity index (χ1v) is 9.74. The molecule has 0 saturated carbocycles. The summed E-state index contributed by atoms with van der Waals surface area (Å²) in [5.74, 6) is 0.533. The molecule has 7 heteroatoms. The Labute approximate surface area is 151 Å². The molecule has 0 radical (unpaired) electrons. The minimum atomic E-state index is -0.425. The summed E-state index contributed by atoms with van der Waals surface area (Å²) in [6.45, 7) is 5.17. The van der Waals surface area contributed by atoms with E-state index < -0.39 is 5.82 Å². The second-order valence-electron chi connectivity index (χ2n) is 6.04. The third kappa shape index (κ3) is 4.42. The van der Waals surface area contributed by atoms with E-state index in [1.165, 1.54) is 6.07 Å². The van der Waals surface area contributed by atoms with E-state index in [9.17, 15) is 9.18 Å². The molecular weight excluding hydrogens is 351 g/mol. The van der Waals surface area contributed by atoms with E-state index in [0.717, 1.165) is 50.6 Å². The number of ether oxygens (including phenoxy) is 1. The summed E-state index contributed by atoms with van der Waals surface area (Å²) in [5, 5.41) is 0.0356. The van der Waals surface area contributed by atoms with E-state index in [4.69, 9.17) is 16.3 Å². The summed E-state index contributed by atoms with van der Waals surface area (Å²) >= 11 is 7.64. The molecule has 4 nitrogen and oxygen atoms in total. The van der Waals surface area contributed by atoms with Crippen LogP contribution in [0.15, 0.2) is 18.2 Å². The molecule has 2 fully saturated rings. The van der Waals surface area contributed by atoms with Crippen LogP contribution >= 0.6 is 23.4 Å². The Morgan fingerprint density at radius 1 is 1.29 bits per heavy atom. The second-order valence-corrected chi connectivity index (χ2v) is 7.64. The standard InChI is InChI=1S/C17H22ClFN2O2S/c18-14-12-13(2-3-15(14)19)17-21(16(22)4-11-24-17)6-1-5-20-7-9-23-10-8-20/h2-3,12,17H,1,4-11H2. The third-order valence-corrected chi connectivity index (χ3v) is 5.97. The highest BCUT2D eigenvalue weighted by Crippen LogP contribution is 2.38. The number of carbonyl (C=O) groups is 1. The third-order valence-electron chi connectivity index (χ3n) is 4.40. The van der Waals surface area contributed by atoms with E-state index in [0.29, 0.717) is 13.0 Å². The molecule has 1 amide bonds. The van der Waals surface area contributed by atoms with E-state index in [-0.39, 0.29) is 16.3 Å². The smallest absolute Gasteiger partial charge is 0.224 e. The zero-order valence-corrected chi connectivity index (χ0v) is 15.1. The van der Waals surface area contributed by atoms with Crippen LogP contribution in [0.3, 0.4) is 0 Å². The lowest BCUT2D eigenvalue weighted by Crippen LogP contribution is -2.41. The number of morpholine rings is 1. The Kier molecular flexibility index (Phi) is 6.38. The molecular formula is C17H22ClFN2O2S. The van der Waals surface area contributed by atoms with Crippen LogP contribution in [0.4, 0.5) is 4.39 Å². The predicted molar refractivity (Wildman–Crippen MR) is 94.8 cm³/mol. The van der Waals surface area contributed by atoms with Gasteiger partial charge >= 0.3 is 0 Å². The van der Waals surface area contributed by atoms with Crippen molar-refractivity contribution in [3.8, 4) is 0 Å². The van der Waals surface area contributed by atoms with Gasteiger partial charge in [-0.05, 0) is 24.1 Å². The molecule has 0 bridgehead atoms. The Morgan fingerprint density at radius 2 is 2.08 bits per heavy atom. The van der Waals surface area contributed by atoms with Crippen molar-refractivity contribution in [2.45, 2.75) is 18.2 Å². The number of carbonyl (C=O) groups excluding carboxylic acids is 1. The first-order chi connectivity index (χ1) is 11.6. The first-order valence-electron chi connectivity index (χ1n) is 8.31. The molecule has 0 aromatic heterocycles. The number of benzene rings is 1. The Hall–Kier alpha value is -0.820. The highest BCUT2D eigenvalue weighted by Gasteiger charge is 2.30. The average molecular weight is 373 g/mol. The lowest BCUT2D eigenvalue weighted by Gasteiger charge is -2.36. The molecule has 0 aliphatic carbocycles. The fourth-order valence-corrected chi connectivity index (χ4v) is 4.54. The number of thioether (sulfide) groups is 1. The minimum absolute atomic E-state index is 0.0750. The lowest BCUT2D eigenvalue weighted by atomic mass is 10.1. The predicted octanol–water partition coefficient (Wildman–Crippen LogP) is 3.17. The number of amides is 1. The lowest BCUT2D eigenvalue weighted by molar-refractivity contribution is -0.132. The van der Waals surface area contributed by atoms with Gasteiger partial charge in [-0.1, -0.05) is 17.7 Å². The SMILES string of the molecule is O=C1CCSC(c2ccc(F)c(Cl)c2)N1CCCN1CCOCC1. The molecule has 24 heavy (non-hydrogen) atoms. The molecule has 2 saturated heterocycles. The van der Waals surface area contributed by atoms with Crippen molar-refractivity contribution in [3.05, 3.63) is 34.6 Å². The largest absolute Gasteiger partial charge is 0.379 e. The summed E-state index contributed by atoms with van der Waals surface area (Å²) in [7, 11) is 0. The van der Waals surface area contributed by atoms with Crippen molar-refractivity contribution >= 4 is 29.3 Å². The van der Waals surface area contributed by atoms with E-state index in [1.807, 2.05) is 4.90 Å². The van der Waals surface area contributed by atoms with Gasteiger partial charge in [0.1, 0.15) is 11.2 Å². The molecule has 2 heterocycles. The zero-order chi connectivity index (χ0) is 16.9. The minimum Gasteiger partial charge on any atom is -0.379 e. The Bertz CT molecular complexity index is 584. The Morgan fingerprint density at radius 3 is 2.83 bits per heavy atom.